The number of hydrogen-bond acceptors (Lipinski definition) is 2. The van der Waals surface area contributed by atoms with Crippen molar-refractivity contribution in [3.63, 3.8) is 0 Å². The summed E-state index contributed by atoms with van der Waals surface area (Å²) in [6.45, 7) is 0.791. The van der Waals surface area contributed by atoms with Crippen LogP contribution in [0.3, 0.4) is 0 Å². The molecule has 2 N–H and O–H groups in total. The van der Waals surface area contributed by atoms with Crippen LogP contribution < -0.4 is 9.80 Å². The Labute approximate surface area is 158 Å². The molecule has 1 saturated heterocycles. The monoisotopic (exact) mass is 389 g/mol. The van der Waals surface area contributed by atoms with Crippen LogP contribution in [-0.4, -0.2) is 35.2 Å². The van der Waals surface area contributed by atoms with E-state index in [0.717, 1.165) is 5.69 Å². The highest BCUT2D eigenvalue weighted by Crippen LogP contribution is 2.40. The number of anilines is 2. The average Bonchev–Trinajstić information content (AvgIpc) is 3.16. The third kappa shape index (κ3) is 2.58. The minimum Gasteiger partial charge on any atom is -0.477 e. The van der Waals surface area contributed by atoms with Gasteiger partial charge in [0.25, 0.3) is 0 Å². The summed E-state index contributed by atoms with van der Waals surface area (Å²) in [6.07, 6.45) is 0. The zero-order chi connectivity index (χ0) is 18.4. The maximum Gasteiger partial charge on any atom is 0.354 e. The summed E-state index contributed by atoms with van der Waals surface area (Å²) < 4.78 is 0. The summed E-state index contributed by atoms with van der Waals surface area (Å²) in [4.78, 5) is 30.6. The van der Waals surface area contributed by atoms with Gasteiger partial charge in [-0.3, -0.25) is 9.80 Å². The Bertz CT molecular complexity index is 1030. The molecule has 2 heterocycles. The van der Waals surface area contributed by atoms with Gasteiger partial charge in [-0.15, -0.1) is 0 Å². The van der Waals surface area contributed by atoms with Crippen LogP contribution in [0.25, 0.3) is 10.9 Å². The zero-order valence-electron chi connectivity index (χ0n) is 13.4. The van der Waals surface area contributed by atoms with Crippen molar-refractivity contribution in [1.82, 2.24) is 4.98 Å². The molecule has 0 radical (unpaired) electrons. The molecule has 0 atom stereocenters. The molecule has 6 nitrogen and oxygen atoms in total. The standard InChI is InChI=1S/C18H13Cl2N3O3/c19-10-8-12(20)14-13(9-10)21-15(17(24)25)16(14)23-7-6-22(18(23)26)11-4-2-1-3-5-11/h1-5,8-9,21H,6-7H2,(H,24,25). The van der Waals surface area contributed by atoms with Crippen molar-refractivity contribution in [2.75, 3.05) is 22.9 Å². The number of benzene rings is 2. The molecule has 4 rings (SSSR count). The van der Waals surface area contributed by atoms with Crippen molar-refractivity contribution in [3.8, 4) is 0 Å². The number of hydrogen-bond donors (Lipinski definition) is 2. The number of aromatic amines is 1. The Balaban J connectivity index is 1.85. The lowest BCUT2D eigenvalue weighted by atomic mass is 10.2. The molecule has 132 valence electrons. The topological polar surface area (TPSA) is 76.6 Å². The highest BCUT2D eigenvalue weighted by atomic mass is 35.5. The van der Waals surface area contributed by atoms with Crippen LogP contribution >= 0.6 is 23.2 Å². The fourth-order valence-corrected chi connectivity index (χ4v) is 3.83. The minimum atomic E-state index is -1.17. The van der Waals surface area contributed by atoms with Crippen LogP contribution in [0.15, 0.2) is 42.5 Å². The molecular formula is C18H13Cl2N3O3. The van der Waals surface area contributed by atoms with Gasteiger partial charge < -0.3 is 10.1 Å². The summed E-state index contributed by atoms with van der Waals surface area (Å²) in [6, 6.07) is 12.1. The second kappa shape index (κ2) is 6.23. The number of fused-ring (bicyclic) bond motifs is 1. The van der Waals surface area contributed by atoms with E-state index >= 15 is 0 Å². The summed E-state index contributed by atoms with van der Waals surface area (Å²) in [5.41, 5.74) is 1.40. The summed E-state index contributed by atoms with van der Waals surface area (Å²) >= 11 is 12.3. The van der Waals surface area contributed by atoms with Crippen molar-refractivity contribution >= 4 is 57.5 Å². The fourth-order valence-electron chi connectivity index (χ4n) is 3.25. The second-order valence-electron chi connectivity index (χ2n) is 5.89. The molecule has 2 amide bonds. The Morgan fingerprint density at radius 2 is 1.77 bits per heavy atom. The molecule has 2 aromatic carbocycles. The molecule has 0 unspecified atom stereocenters. The van der Waals surface area contributed by atoms with Crippen LogP contribution in [0.4, 0.5) is 16.2 Å². The first-order chi connectivity index (χ1) is 12.5. The van der Waals surface area contributed by atoms with Crippen LogP contribution in [-0.2, 0) is 0 Å². The van der Waals surface area contributed by atoms with E-state index in [-0.39, 0.29) is 22.4 Å². The molecule has 1 aliphatic rings. The number of nitrogens with one attached hydrogen (secondary N) is 1. The Morgan fingerprint density at radius 3 is 2.46 bits per heavy atom. The van der Waals surface area contributed by atoms with Crippen LogP contribution in [0.2, 0.25) is 10.0 Å². The van der Waals surface area contributed by atoms with Gasteiger partial charge >= 0.3 is 12.0 Å². The van der Waals surface area contributed by atoms with Crippen LogP contribution in [0, 0.1) is 0 Å². The third-order valence-corrected chi connectivity index (χ3v) is 4.87. The van der Waals surface area contributed by atoms with Gasteiger partial charge in [0.1, 0.15) is 5.69 Å². The number of carbonyl (C=O) groups excluding carboxylic acids is 1. The lowest BCUT2D eigenvalue weighted by Gasteiger charge is -2.19. The number of halogens is 2. The number of H-pyrrole nitrogens is 1. The van der Waals surface area contributed by atoms with Crippen molar-refractivity contribution < 1.29 is 14.7 Å². The van der Waals surface area contributed by atoms with E-state index in [1.807, 2.05) is 30.3 Å². The van der Waals surface area contributed by atoms with Gasteiger partial charge in [0.15, 0.2) is 0 Å². The predicted octanol–water partition coefficient (Wildman–Crippen LogP) is 4.62. The van der Waals surface area contributed by atoms with E-state index in [4.69, 9.17) is 23.2 Å². The molecule has 1 fully saturated rings. The molecule has 1 aromatic heterocycles. The first-order valence-corrected chi connectivity index (χ1v) is 8.61. The van der Waals surface area contributed by atoms with Crippen molar-refractivity contribution in [3.05, 3.63) is 58.2 Å². The number of aromatic nitrogens is 1. The second-order valence-corrected chi connectivity index (χ2v) is 6.73. The Morgan fingerprint density at radius 1 is 1.08 bits per heavy atom. The van der Waals surface area contributed by atoms with Gasteiger partial charge in [0.2, 0.25) is 0 Å². The number of aromatic carboxylic acids is 1. The number of urea groups is 1. The number of rotatable bonds is 3. The highest BCUT2D eigenvalue weighted by molar-refractivity contribution is 6.40. The fraction of sp³-hybridized carbons (Fsp3) is 0.111. The number of carboxylic acid groups (broad SMARTS) is 1. The first-order valence-electron chi connectivity index (χ1n) is 7.85. The molecule has 0 aliphatic carbocycles. The SMILES string of the molecule is O=C(O)c1[nH]c2cc(Cl)cc(Cl)c2c1N1CCN(c2ccccc2)C1=O. The number of carboxylic acids is 1. The molecule has 0 spiro atoms. The maximum absolute atomic E-state index is 13.0. The van der Waals surface area contributed by atoms with E-state index in [2.05, 4.69) is 4.98 Å². The largest absolute Gasteiger partial charge is 0.477 e. The quantitative estimate of drug-likeness (QED) is 0.685. The smallest absolute Gasteiger partial charge is 0.354 e. The van der Waals surface area contributed by atoms with Gasteiger partial charge in [-0.25, -0.2) is 9.59 Å². The molecule has 1 aliphatic heterocycles. The number of carbonyl (C=O) groups is 2. The normalized spacial score (nSPS) is 14.5. The van der Waals surface area contributed by atoms with Gasteiger partial charge in [-0.1, -0.05) is 41.4 Å². The van der Waals surface area contributed by atoms with Crippen molar-refractivity contribution in [2.24, 2.45) is 0 Å². The van der Waals surface area contributed by atoms with E-state index in [1.165, 1.54) is 11.0 Å². The summed E-state index contributed by atoms with van der Waals surface area (Å²) in [7, 11) is 0. The van der Waals surface area contributed by atoms with Gasteiger partial charge in [0, 0.05) is 29.2 Å². The number of para-hydroxylation sites is 1. The van der Waals surface area contributed by atoms with Crippen LogP contribution in [0.1, 0.15) is 10.5 Å². The average molecular weight is 390 g/mol. The molecule has 8 heteroatoms. The Hall–Kier alpha value is -2.70. The van der Waals surface area contributed by atoms with Crippen molar-refractivity contribution in [2.45, 2.75) is 0 Å². The van der Waals surface area contributed by atoms with E-state index in [1.54, 1.807) is 11.0 Å². The Kier molecular flexibility index (Phi) is 4.01. The van der Waals surface area contributed by atoms with E-state index in [0.29, 0.717) is 29.0 Å². The summed E-state index contributed by atoms with van der Waals surface area (Å²) in [5, 5.41) is 10.7. The molecule has 3 aromatic rings. The molecule has 0 saturated carbocycles. The number of amides is 2. The van der Waals surface area contributed by atoms with E-state index < -0.39 is 5.97 Å². The van der Waals surface area contributed by atoms with Crippen molar-refractivity contribution in [1.29, 1.82) is 0 Å². The molecule has 0 bridgehead atoms. The summed E-state index contributed by atoms with van der Waals surface area (Å²) in [5.74, 6) is -1.17. The zero-order valence-corrected chi connectivity index (χ0v) is 14.9. The van der Waals surface area contributed by atoms with Gasteiger partial charge in [-0.2, -0.15) is 0 Å². The first kappa shape index (κ1) is 16.8. The van der Waals surface area contributed by atoms with E-state index in [9.17, 15) is 14.7 Å². The third-order valence-electron chi connectivity index (χ3n) is 4.35. The van der Waals surface area contributed by atoms with Gasteiger partial charge in [0.05, 0.1) is 16.2 Å². The minimum absolute atomic E-state index is 0.0903. The lowest BCUT2D eigenvalue weighted by molar-refractivity contribution is 0.0692. The molecular weight excluding hydrogens is 377 g/mol. The lowest BCUT2D eigenvalue weighted by Crippen LogP contribution is -2.32. The van der Waals surface area contributed by atoms with Gasteiger partial charge in [-0.05, 0) is 24.3 Å². The predicted molar refractivity (Wildman–Crippen MR) is 102 cm³/mol. The highest BCUT2D eigenvalue weighted by Gasteiger charge is 2.35. The molecule has 26 heavy (non-hydrogen) atoms. The number of nitrogens with zero attached hydrogens (tertiary/aromatic N) is 2. The van der Waals surface area contributed by atoms with Crippen LogP contribution in [0.5, 0.6) is 0 Å². The maximum atomic E-state index is 13.0.